The van der Waals surface area contributed by atoms with Crippen LogP contribution < -0.4 is 5.32 Å². The second-order valence-electron chi connectivity index (χ2n) is 8.10. The normalized spacial score (nSPS) is 24.1. The van der Waals surface area contributed by atoms with Gasteiger partial charge in [-0.2, -0.15) is 0 Å². The van der Waals surface area contributed by atoms with E-state index in [4.69, 9.17) is 9.47 Å². The van der Waals surface area contributed by atoms with E-state index in [2.05, 4.69) is 15.2 Å². The van der Waals surface area contributed by atoms with Gasteiger partial charge >= 0.3 is 0 Å². The maximum Gasteiger partial charge on any atom is 0.269 e. The van der Waals surface area contributed by atoms with E-state index in [0.29, 0.717) is 38.4 Å². The quantitative estimate of drug-likeness (QED) is 0.557. The van der Waals surface area contributed by atoms with Gasteiger partial charge in [-0.3, -0.25) is 24.8 Å². The Labute approximate surface area is 180 Å². The van der Waals surface area contributed by atoms with Gasteiger partial charge in [0.05, 0.1) is 29.8 Å². The van der Waals surface area contributed by atoms with Gasteiger partial charge < -0.3 is 14.8 Å². The molecular formula is C22H26N4O5. The van der Waals surface area contributed by atoms with Crippen molar-refractivity contribution in [1.82, 2.24) is 15.2 Å². The zero-order valence-corrected chi connectivity index (χ0v) is 17.2. The Morgan fingerprint density at radius 3 is 3.06 bits per heavy atom. The van der Waals surface area contributed by atoms with Gasteiger partial charge in [-0.1, -0.05) is 12.1 Å². The van der Waals surface area contributed by atoms with E-state index in [9.17, 15) is 14.9 Å². The van der Waals surface area contributed by atoms with Gasteiger partial charge in [0.15, 0.2) is 0 Å². The van der Waals surface area contributed by atoms with Crippen LogP contribution in [0.2, 0.25) is 0 Å². The van der Waals surface area contributed by atoms with Gasteiger partial charge in [-0.15, -0.1) is 0 Å². The summed E-state index contributed by atoms with van der Waals surface area (Å²) in [5.74, 6) is -0.165. The molecule has 9 nitrogen and oxygen atoms in total. The Bertz CT molecular complexity index is 925. The van der Waals surface area contributed by atoms with Gasteiger partial charge in [-0.05, 0) is 30.5 Å². The van der Waals surface area contributed by atoms with E-state index < -0.39 is 5.60 Å². The summed E-state index contributed by atoms with van der Waals surface area (Å²) in [6, 6.07) is 10.2. The lowest BCUT2D eigenvalue weighted by molar-refractivity contribution is -0.384. The molecule has 1 spiro atoms. The number of ether oxygens (including phenoxy) is 2. The van der Waals surface area contributed by atoms with E-state index in [-0.39, 0.29) is 22.6 Å². The fraction of sp³-hybridized carbons (Fsp3) is 0.455. The van der Waals surface area contributed by atoms with Crippen LogP contribution in [0.4, 0.5) is 5.69 Å². The maximum absolute atomic E-state index is 12.3. The highest BCUT2D eigenvalue weighted by molar-refractivity contribution is 5.93. The third-order valence-electron chi connectivity index (χ3n) is 5.71. The summed E-state index contributed by atoms with van der Waals surface area (Å²) in [5, 5.41) is 14.0. The van der Waals surface area contributed by atoms with Crippen molar-refractivity contribution in [2.75, 3.05) is 32.8 Å². The minimum absolute atomic E-state index is 0.0815. The highest BCUT2D eigenvalue weighted by Crippen LogP contribution is 2.33. The minimum atomic E-state index is -0.430. The Morgan fingerprint density at radius 1 is 1.35 bits per heavy atom. The summed E-state index contributed by atoms with van der Waals surface area (Å²) in [6.07, 6.45) is 4.76. The first-order chi connectivity index (χ1) is 15.0. The molecule has 4 rings (SSSR count). The number of aromatic nitrogens is 1. The SMILES string of the molecule is O=C(NC[C@H]1CC[C@@]2(COCCN(Cc3cccc([N+](=O)[O-])c3)C2)O1)c1cccnc1. The number of carbonyl (C=O) groups excluding carboxylic acids is 1. The highest BCUT2D eigenvalue weighted by Gasteiger charge is 2.43. The molecule has 9 heteroatoms. The second-order valence-corrected chi connectivity index (χ2v) is 8.10. The third kappa shape index (κ3) is 5.43. The second kappa shape index (κ2) is 9.51. The van der Waals surface area contributed by atoms with Crippen LogP contribution in [0.1, 0.15) is 28.8 Å². The molecule has 1 amide bonds. The van der Waals surface area contributed by atoms with Crippen LogP contribution in [0.3, 0.4) is 0 Å². The molecular weight excluding hydrogens is 400 g/mol. The Morgan fingerprint density at radius 2 is 2.26 bits per heavy atom. The molecule has 2 saturated heterocycles. The summed E-state index contributed by atoms with van der Waals surface area (Å²) in [7, 11) is 0. The minimum Gasteiger partial charge on any atom is -0.377 e. The zero-order chi connectivity index (χ0) is 21.7. The van der Waals surface area contributed by atoms with Crippen molar-refractivity contribution in [3.63, 3.8) is 0 Å². The van der Waals surface area contributed by atoms with Crippen LogP contribution in [-0.4, -0.2) is 65.3 Å². The molecule has 0 radical (unpaired) electrons. The van der Waals surface area contributed by atoms with Crippen LogP contribution >= 0.6 is 0 Å². The number of hydrogen-bond acceptors (Lipinski definition) is 7. The molecule has 0 saturated carbocycles. The lowest BCUT2D eigenvalue weighted by atomic mass is 9.99. The van der Waals surface area contributed by atoms with Gasteiger partial charge in [0.25, 0.3) is 11.6 Å². The van der Waals surface area contributed by atoms with Crippen LogP contribution in [0.25, 0.3) is 0 Å². The number of nitrogens with one attached hydrogen (secondary N) is 1. The van der Waals surface area contributed by atoms with Crippen molar-refractivity contribution in [2.24, 2.45) is 0 Å². The average Bonchev–Trinajstić information content (AvgIpc) is 3.07. The van der Waals surface area contributed by atoms with Crippen LogP contribution in [-0.2, 0) is 16.0 Å². The van der Waals surface area contributed by atoms with Crippen molar-refractivity contribution in [3.05, 3.63) is 70.0 Å². The highest BCUT2D eigenvalue weighted by atomic mass is 16.6. The molecule has 164 valence electrons. The van der Waals surface area contributed by atoms with E-state index in [0.717, 1.165) is 24.9 Å². The maximum atomic E-state index is 12.3. The lowest BCUT2D eigenvalue weighted by Gasteiger charge is -2.32. The molecule has 1 aromatic heterocycles. The molecule has 0 bridgehead atoms. The van der Waals surface area contributed by atoms with Crippen LogP contribution in [0, 0.1) is 10.1 Å². The van der Waals surface area contributed by atoms with Gasteiger partial charge in [0, 0.05) is 50.7 Å². The molecule has 2 fully saturated rings. The van der Waals surface area contributed by atoms with Crippen molar-refractivity contribution in [3.8, 4) is 0 Å². The molecule has 31 heavy (non-hydrogen) atoms. The molecule has 1 aromatic carbocycles. The van der Waals surface area contributed by atoms with Crippen molar-refractivity contribution in [1.29, 1.82) is 0 Å². The summed E-state index contributed by atoms with van der Waals surface area (Å²) >= 11 is 0. The fourth-order valence-corrected chi connectivity index (χ4v) is 4.21. The molecule has 2 aliphatic heterocycles. The summed E-state index contributed by atoms with van der Waals surface area (Å²) in [5.41, 5.74) is 1.08. The van der Waals surface area contributed by atoms with Crippen molar-refractivity contribution in [2.45, 2.75) is 31.1 Å². The molecule has 0 unspecified atom stereocenters. The number of rotatable bonds is 6. The number of carbonyl (C=O) groups is 1. The number of benzene rings is 1. The molecule has 1 N–H and O–H groups in total. The number of nitro groups is 1. The van der Waals surface area contributed by atoms with Crippen LogP contribution in [0.15, 0.2) is 48.8 Å². The number of non-ortho nitro benzene ring substituents is 1. The summed E-state index contributed by atoms with van der Waals surface area (Å²) in [6.45, 7) is 3.53. The molecule has 2 aromatic rings. The Hall–Kier alpha value is -2.88. The van der Waals surface area contributed by atoms with E-state index in [1.165, 1.54) is 12.3 Å². The predicted molar refractivity (Wildman–Crippen MR) is 113 cm³/mol. The molecule has 3 heterocycles. The van der Waals surface area contributed by atoms with Gasteiger partial charge in [0.2, 0.25) is 0 Å². The first-order valence-electron chi connectivity index (χ1n) is 10.4. The van der Waals surface area contributed by atoms with Crippen molar-refractivity contribution < 1.29 is 19.2 Å². The van der Waals surface area contributed by atoms with Crippen LogP contribution in [0.5, 0.6) is 0 Å². The summed E-state index contributed by atoms with van der Waals surface area (Å²) < 4.78 is 12.2. The largest absolute Gasteiger partial charge is 0.377 e. The monoisotopic (exact) mass is 426 g/mol. The number of hydrogen-bond donors (Lipinski definition) is 1. The molecule has 0 aliphatic carbocycles. The number of pyridine rings is 1. The van der Waals surface area contributed by atoms with E-state index in [1.807, 2.05) is 6.07 Å². The summed E-state index contributed by atoms with van der Waals surface area (Å²) in [4.78, 5) is 29.1. The lowest BCUT2D eigenvalue weighted by Crippen LogP contribution is -2.45. The first-order valence-corrected chi connectivity index (χ1v) is 10.4. The van der Waals surface area contributed by atoms with E-state index in [1.54, 1.807) is 30.5 Å². The van der Waals surface area contributed by atoms with Crippen molar-refractivity contribution >= 4 is 11.6 Å². The smallest absolute Gasteiger partial charge is 0.269 e. The predicted octanol–water partition coefficient (Wildman–Crippen LogP) is 2.17. The topological polar surface area (TPSA) is 107 Å². The zero-order valence-electron chi connectivity index (χ0n) is 17.2. The molecule has 2 atom stereocenters. The van der Waals surface area contributed by atoms with Gasteiger partial charge in [0.1, 0.15) is 5.60 Å². The fourth-order valence-electron chi connectivity index (χ4n) is 4.21. The standard InChI is InChI=1S/C22H26N4O5/c27-21(18-4-2-8-23-12-18)24-13-20-6-7-22(31-20)15-25(9-10-30-16-22)14-17-3-1-5-19(11-17)26(28)29/h1-5,8,11-12,20H,6-7,9-10,13-16H2,(H,24,27)/t20-,22-/m1/s1. The number of nitrogens with zero attached hydrogens (tertiary/aromatic N) is 3. The number of amides is 1. The number of nitro benzene ring substituents is 1. The average molecular weight is 426 g/mol. The Balaban J connectivity index is 1.34. The third-order valence-corrected chi connectivity index (χ3v) is 5.71. The molecule has 2 aliphatic rings. The van der Waals surface area contributed by atoms with E-state index >= 15 is 0 Å². The first kappa shape index (κ1) is 21.4. The Kier molecular flexibility index (Phi) is 6.55. The van der Waals surface area contributed by atoms with Gasteiger partial charge in [-0.25, -0.2) is 0 Å².